The number of esters is 1. The third-order valence-corrected chi connectivity index (χ3v) is 5.02. The van der Waals surface area contributed by atoms with Crippen LogP contribution in [-0.2, 0) is 9.53 Å². The minimum atomic E-state index is -0.712. The SMILES string of the molecule is CC(C)CCCCCCCCCCCCCCC(=O)OCC(O)CNCCO. The van der Waals surface area contributed by atoms with E-state index >= 15 is 0 Å². The van der Waals surface area contributed by atoms with Gasteiger partial charge >= 0.3 is 5.97 Å². The molecule has 5 nitrogen and oxygen atoms in total. The molecule has 0 aromatic heterocycles. The third kappa shape index (κ3) is 21.6. The van der Waals surface area contributed by atoms with Crippen molar-refractivity contribution >= 4 is 5.97 Å². The van der Waals surface area contributed by atoms with E-state index in [1.807, 2.05) is 0 Å². The van der Waals surface area contributed by atoms with E-state index in [9.17, 15) is 9.90 Å². The first-order valence-corrected chi connectivity index (χ1v) is 11.7. The number of carbonyl (C=O) groups is 1. The van der Waals surface area contributed by atoms with Crippen LogP contribution >= 0.6 is 0 Å². The third-order valence-electron chi connectivity index (χ3n) is 5.02. The van der Waals surface area contributed by atoms with Crippen molar-refractivity contribution in [2.45, 2.75) is 110 Å². The minimum Gasteiger partial charge on any atom is -0.463 e. The van der Waals surface area contributed by atoms with Crippen molar-refractivity contribution in [3.05, 3.63) is 0 Å². The molecule has 0 aromatic rings. The normalized spacial score (nSPS) is 12.5. The lowest BCUT2D eigenvalue weighted by Crippen LogP contribution is -2.32. The molecule has 0 saturated carbocycles. The average Bonchev–Trinajstić information content (AvgIpc) is 2.66. The highest BCUT2D eigenvalue weighted by molar-refractivity contribution is 5.69. The second-order valence-corrected chi connectivity index (χ2v) is 8.44. The number of hydrogen-bond donors (Lipinski definition) is 3. The molecule has 0 heterocycles. The largest absolute Gasteiger partial charge is 0.463 e. The molecule has 3 N–H and O–H groups in total. The van der Waals surface area contributed by atoms with E-state index in [2.05, 4.69) is 19.2 Å². The quantitative estimate of drug-likeness (QED) is 0.194. The Morgan fingerprint density at radius 3 is 1.86 bits per heavy atom. The molecule has 0 amide bonds. The number of aliphatic hydroxyl groups excluding tert-OH is 2. The first kappa shape index (κ1) is 27.4. The van der Waals surface area contributed by atoms with E-state index in [0.29, 0.717) is 19.5 Å². The number of rotatable bonds is 21. The van der Waals surface area contributed by atoms with Gasteiger partial charge in [0.05, 0.1) is 6.61 Å². The van der Waals surface area contributed by atoms with E-state index in [1.54, 1.807) is 0 Å². The van der Waals surface area contributed by atoms with Crippen LogP contribution in [0.4, 0.5) is 0 Å². The van der Waals surface area contributed by atoms with Gasteiger partial charge in [-0.25, -0.2) is 0 Å². The summed E-state index contributed by atoms with van der Waals surface area (Å²) in [6.45, 7) is 5.42. The summed E-state index contributed by atoms with van der Waals surface area (Å²) in [5.74, 6) is 0.624. The van der Waals surface area contributed by atoms with Crippen LogP contribution < -0.4 is 5.32 Å². The van der Waals surface area contributed by atoms with Gasteiger partial charge in [-0.15, -0.1) is 0 Å². The van der Waals surface area contributed by atoms with Crippen LogP contribution in [0.25, 0.3) is 0 Å². The van der Waals surface area contributed by atoms with Crippen molar-refractivity contribution in [2.75, 3.05) is 26.3 Å². The van der Waals surface area contributed by atoms with Gasteiger partial charge in [0.15, 0.2) is 0 Å². The smallest absolute Gasteiger partial charge is 0.305 e. The Balaban J connectivity index is 3.23. The van der Waals surface area contributed by atoms with Crippen molar-refractivity contribution in [3.63, 3.8) is 0 Å². The van der Waals surface area contributed by atoms with Crippen molar-refractivity contribution in [1.29, 1.82) is 0 Å². The second-order valence-electron chi connectivity index (χ2n) is 8.44. The van der Waals surface area contributed by atoms with E-state index < -0.39 is 6.10 Å². The van der Waals surface area contributed by atoms with Gasteiger partial charge in [0.25, 0.3) is 0 Å². The fraction of sp³-hybridized carbons (Fsp3) is 0.957. The van der Waals surface area contributed by atoms with Crippen molar-refractivity contribution in [3.8, 4) is 0 Å². The minimum absolute atomic E-state index is 0.0228. The van der Waals surface area contributed by atoms with Gasteiger partial charge in [-0.05, 0) is 12.3 Å². The Hall–Kier alpha value is -0.650. The van der Waals surface area contributed by atoms with Crippen LogP contribution in [-0.4, -0.2) is 48.6 Å². The van der Waals surface area contributed by atoms with E-state index in [1.165, 1.54) is 70.6 Å². The van der Waals surface area contributed by atoms with E-state index in [4.69, 9.17) is 9.84 Å². The molecule has 0 saturated heterocycles. The first-order valence-electron chi connectivity index (χ1n) is 11.7. The fourth-order valence-electron chi connectivity index (χ4n) is 3.26. The van der Waals surface area contributed by atoms with Crippen molar-refractivity contribution in [2.24, 2.45) is 5.92 Å². The monoisotopic (exact) mass is 401 g/mol. The van der Waals surface area contributed by atoms with Gasteiger partial charge in [0.1, 0.15) is 12.7 Å². The summed E-state index contributed by atoms with van der Waals surface area (Å²) in [6, 6.07) is 0. The maximum atomic E-state index is 11.6. The Bertz CT molecular complexity index is 337. The zero-order valence-corrected chi connectivity index (χ0v) is 18.6. The highest BCUT2D eigenvalue weighted by Crippen LogP contribution is 2.14. The molecule has 0 aliphatic carbocycles. The average molecular weight is 402 g/mol. The Morgan fingerprint density at radius 2 is 1.36 bits per heavy atom. The lowest BCUT2D eigenvalue weighted by Gasteiger charge is -2.11. The number of aliphatic hydroxyl groups is 2. The maximum Gasteiger partial charge on any atom is 0.305 e. The van der Waals surface area contributed by atoms with Gasteiger partial charge in [0.2, 0.25) is 0 Å². The molecular weight excluding hydrogens is 354 g/mol. The maximum absolute atomic E-state index is 11.6. The summed E-state index contributed by atoms with van der Waals surface area (Å²) in [6.07, 6.45) is 16.5. The van der Waals surface area contributed by atoms with Gasteiger partial charge in [-0.3, -0.25) is 4.79 Å². The molecule has 28 heavy (non-hydrogen) atoms. The summed E-state index contributed by atoms with van der Waals surface area (Å²) in [7, 11) is 0. The summed E-state index contributed by atoms with van der Waals surface area (Å²) in [4.78, 5) is 11.6. The topological polar surface area (TPSA) is 78.8 Å². The van der Waals surface area contributed by atoms with Crippen LogP contribution in [0.3, 0.4) is 0 Å². The van der Waals surface area contributed by atoms with E-state index in [-0.39, 0.29) is 19.2 Å². The van der Waals surface area contributed by atoms with Crippen LogP contribution in [0.15, 0.2) is 0 Å². The molecule has 0 bridgehead atoms. The molecule has 0 rings (SSSR count). The summed E-state index contributed by atoms with van der Waals surface area (Å²) >= 11 is 0. The summed E-state index contributed by atoms with van der Waals surface area (Å²) in [5.41, 5.74) is 0. The lowest BCUT2D eigenvalue weighted by molar-refractivity contribution is -0.146. The summed E-state index contributed by atoms with van der Waals surface area (Å²) < 4.78 is 5.06. The molecule has 0 aromatic carbocycles. The van der Waals surface area contributed by atoms with Gasteiger partial charge in [-0.1, -0.05) is 90.9 Å². The number of hydrogen-bond acceptors (Lipinski definition) is 5. The zero-order chi connectivity index (χ0) is 20.9. The van der Waals surface area contributed by atoms with Crippen LogP contribution in [0.5, 0.6) is 0 Å². The molecular formula is C23H47NO4. The van der Waals surface area contributed by atoms with Crippen LogP contribution in [0.1, 0.15) is 104 Å². The van der Waals surface area contributed by atoms with Gasteiger partial charge in [-0.2, -0.15) is 0 Å². The van der Waals surface area contributed by atoms with Crippen molar-refractivity contribution < 1.29 is 19.7 Å². The first-order chi connectivity index (χ1) is 13.6. The van der Waals surface area contributed by atoms with Crippen LogP contribution in [0.2, 0.25) is 0 Å². The molecule has 1 atom stereocenters. The van der Waals surface area contributed by atoms with E-state index in [0.717, 1.165) is 18.8 Å². The highest BCUT2D eigenvalue weighted by atomic mass is 16.5. The number of unbranched alkanes of at least 4 members (excludes halogenated alkanes) is 11. The highest BCUT2D eigenvalue weighted by Gasteiger charge is 2.08. The Morgan fingerprint density at radius 1 is 0.857 bits per heavy atom. The fourth-order valence-corrected chi connectivity index (χ4v) is 3.26. The standard InChI is InChI=1S/C23H47NO4/c1-21(2)15-13-11-9-7-5-3-4-6-8-10-12-14-16-23(27)28-20-22(26)19-24-17-18-25/h21-22,24-26H,3-20H2,1-2H3. The predicted octanol–water partition coefficient (Wildman–Crippen LogP) is 4.59. The molecule has 0 spiro atoms. The van der Waals surface area contributed by atoms with Crippen LogP contribution in [0, 0.1) is 5.92 Å². The van der Waals surface area contributed by atoms with Gasteiger partial charge < -0.3 is 20.3 Å². The molecule has 0 aliphatic rings. The molecule has 168 valence electrons. The molecule has 0 aliphatic heterocycles. The predicted molar refractivity (Wildman–Crippen MR) is 116 cm³/mol. The number of carbonyl (C=O) groups excluding carboxylic acids is 1. The molecule has 0 fully saturated rings. The zero-order valence-electron chi connectivity index (χ0n) is 18.6. The summed E-state index contributed by atoms with van der Waals surface area (Å²) in [5, 5.41) is 21.1. The van der Waals surface area contributed by atoms with Crippen molar-refractivity contribution in [1.82, 2.24) is 5.32 Å². The number of nitrogens with one attached hydrogen (secondary N) is 1. The molecule has 5 heteroatoms. The lowest BCUT2D eigenvalue weighted by atomic mass is 10.0. The van der Waals surface area contributed by atoms with Gasteiger partial charge in [0, 0.05) is 19.5 Å². The molecule has 0 radical (unpaired) electrons. The molecule has 1 unspecified atom stereocenters. The Kier molecular flexibility index (Phi) is 20.6. The Labute approximate surface area is 173 Å². The number of ether oxygens (including phenoxy) is 1. The second kappa shape index (κ2) is 21.1.